The molecule has 0 unspecified atom stereocenters. The van der Waals surface area contributed by atoms with Gasteiger partial charge in [-0.1, -0.05) is 19.6 Å². The number of aromatic nitrogens is 5. The van der Waals surface area contributed by atoms with Gasteiger partial charge in [-0.2, -0.15) is 5.10 Å². The maximum absolute atomic E-state index is 12.3. The summed E-state index contributed by atoms with van der Waals surface area (Å²) in [7, 11) is -4.60. The molecule has 0 amide bonds. The van der Waals surface area contributed by atoms with Crippen molar-refractivity contribution in [2.75, 3.05) is 12.9 Å². The summed E-state index contributed by atoms with van der Waals surface area (Å²) in [6.45, 7) is 8.09. The number of hydrogen-bond acceptors (Lipinski definition) is 6. The maximum Gasteiger partial charge on any atom is 0.198 e. The van der Waals surface area contributed by atoms with Crippen LogP contribution in [0.25, 0.3) is 16.9 Å². The lowest BCUT2D eigenvalue weighted by Gasteiger charge is -2.15. The number of rotatable bonds is 8. The van der Waals surface area contributed by atoms with Crippen molar-refractivity contribution in [1.29, 1.82) is 0 Å². The lowest BCUT2D eigenvalue weighted by molar-refractivity contribution is 0.0786. The highest BCUT2D eigenvalue weighted by atomic mass is 32.2. The summed E-state index contributed by atoms with van der Waals surface area (Å²) >= 11 is 0. The van der Waals surface area contributed by atoms with Crippen LogP contribution >= 0.6 is 0 Å². The van der Waals surface area contributed by atoms with Crippen LogP contribution in [0.2, 0.25) is 25.7 Å². The Bertz CT molecular complexity index is 1140. The van der Waals surface area contributed by atoms with Crippen LogP contribution in [-0.2, 0) is 21.3 Å². The van der Waals surface area contributed by atoms with Crippen LogP contribution in [0.4, 0.5) is 0 Å². The van der Waals surface area contributed by atoms with Gasteiger partial charge in [-0.25, -0.2) is 23.1 Å². The van der Waals surface area contributed by atoms with E-state index in [4.69, 9.17) is 4.74 Å². The van der Waals surface area contributed by atoms with E-state index in [9.17, 15) is 8.42 Å². The number of fused-ring (bicyclic) bond motifs is 1. The van der Waals surface area contributed by atoms with Crippen molar-refractivity contribution in [1.82, 2.24) is 24.1 Å². The number of sulfone groups is 1. The van der Waals surface area contributed by atoms with E-state index in [2.05, 4.69) is 34.7 Å². The Morgan fingerprint density at radius 3 is 2.62 bits per heavy atom. The summed E-state index contributed by atoms with van der Waals surface area (Å²) in [6.07, 6.45) is 10.5. The zero-order valence-electron chi connectivity index (χ0n) is 17.3. The molecule has 0 radical (unpaired) electrons. The summed E-state index contributed by atoms with van der Waals surface area (Å²) in [6, 6.07) is 1.11. The van der Waals surface area contributed by atoms with E-state index in [-0.39, 0.29) is 5.03 Å². The molecule has 3 aromatic heterocycles. The van der Waals surface area contributed by atoms with Crippen molar-refractivity contribution < 1.29 is 13.2 Å². The van der Waals surface area contributed by atoms with Gasteiger partial charge >= 0.3 is 0 Å². The Morgan fingerprint density at radius 2 is 1.97 bits per heavy atom. The van der Waals surface area contributed by atoms with Crippen molar-refractivity contribution in [3.05, 3.63) is 30.5 Å². The molecule has 10 heteroatoms. The van der Waals surface area contributed by atoms with Crippen molar-refractivity contribution in [3.8, 4) is 11.3 Å². The third kappa shape index (κ3) is 4.59. The molecule has 0 spiro atoms. The molecule has 4 rings (SSSR count). The summed E-state index contributed by atoms with van der Waals surface area (Å²) in [5, 5.41) is 4.42. The van der Waals surface area contributed by atoms with E-state index >= 15 is 0 Å². The first kappa shape index (κ1) is 20.2. The third-order valence-corrected chi connectivity index (χ3v) is 7.66. The van der Waals surface area contributed by atoms with Crippen LogP contribution in [-0.4, -0.2) is 53.5 Å². The number of hydrogen-bond donors (Lipinski definition) is 0. The van der Waals surface area contributed by atoms with Gasteiger partial charge in [-0.05, 0) is 18.9 Å². The number of imidazole rings is 1. The molecule has 1 fully saturated rings. The Balaban J connectivity index is 1.62. The van der Waals surface area contributed by atoms with Gasteiger partial charge in [0.2, 0.25) is 0 Å². The van der Waals surface area contributed by atoms with E-state index in [0.29, 0.717) is 18.3 Å². The first-order valence-corrected chi connectivity index (χ1v) is 15.4. The fourth-order valence-electron chi connectivity index (χ4n) is 3.12. The molecular weight excluding hydrogens is 406 g/mol. The second-order valence-electron chi connectivity index (χ2n) is 8.97. The molecule has 3 heterocycles. The topological polar surface area (TPSA) is 91.4 Å². The first-order chi connectivity index (χ1) is 13.6. The minimum Gasteiger partial charge on any atom is -0.360 e. The van der Waals surface area contributed by atoms with Gasteiger partial charge in [0.25, 0.3) is 0 Å². The Morgan fingerprint density at radius 1 is 1.21 bits per heavy atom. The average molecular weight is 434 g/mol. The van der Waals surface area contributed by atoms with Crippen LogP contribution in [0.1, 0.15) is 24.5 Å². The van der Waals surface area contributed by atoms with Crippen LogP contribution in [0.3, 0.4) is 0 Å². The molecule has 0 aromatic carbocycles. The second-order valence-corrected chi connectivity index (χ2v) is 16.5. The van der Waals surface area contributed by atoms with Crippen LogP contribution < -0.4 is 0 Å². The largest absolute Gasteiger partial charge is 0.360 e. The monoisotopic (exact) mass is 433 g/mol. The molecular formula is C19H27N5O3SSi. The quantitative estimate of drug-likeness (QED) is 0.400. The van der Waals surface area contributed by atoms with Crippen molar-refractivity contribution in [2.45, 2.75) is 56.2 Å². The van der Waals surface area contributed by atoms with Gasteiger partial charge in [-0.3, -0.25) is 4.40 Å². The lowest BCUT2D eigenvalue weighted by Crippen LogP contribution is -2.22. The summed E-state index contributed by atoms with van der Waals surface area (Å²) in [5.41, 5.74) is 2.81. The molecule has 8 nitrogen and oxygen atoms in total. The number of nitrogens with zero attached hydrogens (tertiary/aromatic N) is 5. The molecule has 0 atom stereocenters. The SMILES string of the molecule is C[Si](C)(C)CCOCn1cc(-c2cnc3c(S(C)(=O)=O)nc(C4CC4)cn23)cn1. The standard InChI is InChI=1S/C19H27N5O3SSi/c1-28(25,26)19-18-20-10-17(24(18)12-16(22-19)14-5-6-14)15-9-21-23(11-15)13-27-7-8-29(2,3)4/h9-12,14H,5-8,13H2,1-4H3. The van der Waals surface area contributed by atoms with Gasteiger partial charge in [0, 0.05) is 44.8 Å². The van der Waals surface area contributed by atoms with Crippen molar-refractivity contribution in [2.24, 2.45) is 0 Å². The molecule has 156 valence electrons. The van der Waals surface area contributed by atoms with Gasteiger partial charge in [-0.15, -0.1) is 0 Å². The Hall–Kier alpha value is -2.04. The van der Waals surface area contributed by atoms with Crippen molar-refractivity contribution >= 4 is 23.6 Å². The Labute approximate surface area is 171 Å². The van der Waals surface area contributed by atoms with Crippen LogP contribution in [0, 0.1) is 0 Å². The predicted molar refractivity (Wildman–Crippen MR) is 113 cm³/mol. The summed E-state index contributed by atoms with van der Waals surface area (Å²) in [5.74, 6) is 0.331. The van der Waals surface area contributed by atoms with Gasteiger partial charge in [0.05, 0.1) is 23.8 Å². The fraction of sp³-hybridized carbons (Fsp3) is 0.526. The minimum atomic E-state index is -3.48. The van der Waals surface area contributed by atoms with Crippen molar-refractivity contribution in [3.63, 3.8) is 0 Å². The Kier molecular flexibility index (Phi) is 5.12. The van der Waals surface area contributed by atoms with E-state index in [1.807, 2.05) is 16.8 Å². The predicted octanol–water partition coefficient (Wildman–Crippen LogP) is 3.19. The van der Waals surface area contributed by atoms with Gasteiger partial charge in [0.1, 0.15) is 6.73 Å². The smallest absolute Gasteiger partial charge is 0.198 e. The lowest BCUT2D eigenvalue weighted by atomic mass is 10.2. The normalized spacial score (nSPS) is 15.3. The number of ether oxygens (including phenoxy) is 1. The highest BCUT2D eigenvalue weighted by molar-refractivity contribution is 7.90. The highest BCUT2D eigenvalue weighted by Gasteiger charge is 2.29. The van der Waals surface area contributed by atoms with Crippen LogP contribution in [0.15, 0.2) is 29.8 Å². The zero-order valence-corrected chi connectivity index (χ0v) is 19.1. The van der Waals surface area contributed by atoms with Crippen LogP contribution in [0.5, 0.6) is 0 Å². The maximum atomic E-state index is 12.3. The first-order valence-electron chi connectivity index (χ1n) is 9.80. The van der Waals surface area contributed by atoms with E-state index in [1.165, 1.54) is 6.26 Å². The summed E-state index contributed by atoms with van der Waals surface area (Å²) < 4.78 is 33.9. The molecule has 0 bridgehead atoms. The molecule has 1 aliphatic rings. The molecule has 1 saturated carbocycles. The van der Waals surface area contributed by atoms with E-state index in [0.717, 1.165) is 42.4 Å². The molecule has 3 aromatic rings. The van der Waals surface area contributed by atoms with Gasteiger partial charge in [0.15, 0.2) is 20.5 Å². The molecule has 0 N–H and O–H groups in total. The highest BCUT2D eigenvalue weighted by Crippen LogP contribution is 2.40. The molecule has 0 aliphatic heterocycles. The third-order valence-electron chi connectivity index (χ3n) is 4.98. The molecule has 0 saturated heterocycles. The van der Waals surface area contributed by atoms with E-state index < -0.39 is 17.9 Å². The molecule has 29 heavy (non-hydrogen) atoms. The fourth-order valence-corrected chi connectivity index (χ4v) is 4.63. The molecule has 1 aliphatic carbocycles. The average Bonchev–Trinajstić information content (AvgIpc) is 3.22. The second kappa shape index (κ2) is 7.33. The van der Waals surface area contributed by atoms with Gasteiger partial charge < -0.3 is 4.74 Å². The minimum absolute atomic E-state index is 0.0372. The summed E-state index contributed by atoms with van der Waals surface area (Å²) in [4.78, 5) is 8.76. The van der Waals surface area contributed by atoms with E-state index in [1.54, 1.807) is 17.1 Å². The zero-order chi connectivity index (χ0) is 20.8.